The largest absolute Gasteiger partial charge is 0.335 e. The summed E-state index contributed by atoms with van der Waals surface area (Å²) in [6.45, 7) is 4.61. The van der Waals surface area contributed by atoms with Gasteiger partial charge in [-0.1, -0.05) is 0 Å². The quantitative estimate of drug-likeness (QED) is 0.833. The number of urea groups is 1. The van der Waals surface area contributed by atoms with Gasteiger partial charge in [0.25, 0.3) is 5.91 Å². The number of aryl methyl sites for hydroxylation is 1. The Bertz CT molecular complexity index is 815. The van der Waals surface area contributed by atoms with Crippen molar-refractivity contribution in [3.63, 3.8) is 0 Å². The fourth-order valence-electron chi connectivity index (χ4n) is 3.32. The topological polar surface area (TPSA) is 74.6 Å². The molecule has 2 aliphatic heterocycles. The highest BCUT2D eigenvalue weighted by Gasteiger charge is 2.31. The first kappa shape index (κ1) is 16.1. The number of amides is 3. The fourth-order valence-corrected chi connectivity index (χ4v) is 3.91. The van der Waals surface area contributed by atoms with E-state index in [-0.39, 0.29) is 18.0 Å². The Morgan fingerprint density at radius 1 is 1.32 bits per heavy atom. The van der Waals surface area contributed by atoms with E-state index < -0.39 is 0 Å². The van der Waals surface area contributed by atoms with Gasteiger partial charge in [0.2, 0.25) is 0 Å². The molecule has 0 radical (unpaired) electrons. The van der Waals surface area contributed by atoms with Gasteiger partial charge in [0.1, 0.15) is 5.69 Å². The molecule has 4 rings (SSSR count). The van der Waals surface area contributed by atoms with Crippen molar-refractivity contribution in [2.24, 2.45) is 0 Å². The highest BCUT2D eigenvalue weighted by Crippen LogP contribution is 2.26. The molecule has 2 aromatic rings. The average molecular weight is 360 g/mol. The van der Waals surface area contributed by atoms with Crippen LogP contribution in [-0.2, 0) is 0 Å². The zero-order valence-electron chi connectivity index (χ0n) is 14.3. The summed E-state index contributed by atoms with van der Waals surface area (Å²) in [5.74, 6) is -0.0180. The smallest absolute Gasteiger partial charge is 0.324 e. The van der Waals surface area contributed by atoms with Crippen LogP contribution in [0.2, 0.25) is 0 Å². The summed E-state index contributed by atoms with van der Waals surface area (Å²) < 4.78 is 1.88. The van der Waals surface area contributed by atoms with E-state index >= 15 is 0 Å². The van der Waals surface area contributed by atoms with Crippen molar-refractivity contribution in [1.82, 2.24) is 24.6 Å². The molecular weight excluding hydrogens is 340 g/mol. The van der Waals surface area contributed by atoms with E-state index in [1.807, 2.05) is 28.1 Å². The number of nitrogens with zero attached hydrogens (tertiary/aromatic N) is 6. The number of likely N-dealkylation sites (tertiary alicyclic amines) is 1. The number of anilines is 1. The van der Waals surface area contributed by atoms with E-state index in [1.165, 1.54) is 11.3 Å². The second kappa shape index (κ2) is 6.14. The molecule has 1 atom stereocenters. The molecule has 0 N–H and O–H groups in total. The first-order valence-electron chi connectivity index (χ1n) is 8.31. The lowest BCUT2D eigenvalue weighted by atomic mass is 10.3. The maximum Gasteiger partial charge on any atom is 0.324 e. The first-order valence-corrected chi connectivity index (χ1v) is 9.19. The van der Waals surface area contributed by atoms with Gasteiger partial charge in [0.15, 0.2) is 0 Å². The molecule has 2 aliphatic rings. The fraction of sp³-hybridized carbons (Fsp3) is 0.500. The highest BCUT2D eigenvalue weighted by atomic mass is 32.1. The molecule has 8 nitrogen and oxygen atoms in total. The van der Waals surface area contributed by atoms with Crippen molar-refractivity contribution in [2.75, 3.05) is 38.1 Å². The van der Waals surface area contributed by atoms with Crippen LogP contribution in [-0.4, -0.2) is 69.7 Å². The Balaban J connectivity index is 1.44. The summed E-state index contributed by atoms with van der Waals surface area (Å²) in [6, 6.07) is 0.134. The van der Waals surface area contributed by atoms with E-state index in [0.717, 1.165) is 23.7 Å². The lowest BCUT2D eigenvalue weighted by molar-refractivity contribution is 0.0782. The third kappa shape index (κ3) is 2.88. The minimum Gasteiger partial charge on any atom is -0.335 e. The summed E-state index contributed by atoms with van der Waals surface area (Å²) in [4.78, 5) is 34.1. The van der Waals surface area contributed by atoms with Gasteiger partial charge in [0.05, 0.1) is 22.9 Å². The molecule has 132 valence electrons. The number of hydrogen-bond donors (Lipinski definition) is 0. The highest BCUT2D eigenvalue weighted by molar-refractivity contribution is 7.09. The number of hydrogen-bond acceptors (Lipinski definition) is 5. The van der Waals surface area contributed by atoms with Gasteiger partial charge in [-0.3, -0.25) is 14.4 Å². The van der Waals surface area contributed by atoms with Crippen molar-refractivity contribution in [1.29, 1.82) is 0 Å². The molecule has 0 bridgehead atoms. The third-order valence-corrected chi connectivity index (χ3v) is 5.55. The molecule has 0 saturated carbocycles. The number of rotatable bonds is 3. The van der Waals surface area contributed by atoms with Crippen molar-refractivity contribution >= 4 is 29.0 Å². The Labute approximate surface area is 149 Å². The van der Waals surface area contributed by atoms with Crippen LogP contribution in [0, 0.1) is 6.92 Å². The maximum atomic E-state index is 12.5. The predicted molar refractivity (Wildman–Crippen MR) is 94.0 cm³/mol. The number of likely N-dealkylation sites (N-methyl/N-ethyl adjacent to an activating group) is 1. The van der Waals surface area contributed by atoms with E-state index in [0.29, 0.717) is 25.3 Å². The number of aromatic nitrogens is 3. The average Bonchev–Trinajstić information content (AvgIpc) is 3.35. The number of carbonyl (C=O) groups is 2. The normalized spacial score (nSPS) is 20.8. The van der Waals surface area contributed by atoms with Gasteiger partial charge in [-0.15, -0.1) is 11.3 Å². The van der Waals surface area contributed by atoms with Crippen LogP contribution in [0.1, 0.15) is 28.0 Å². The van der Waals surface area contributed by atoms with Crippen LogP contribution >= 0.6 is 11.3 Å². The van der Waals surface area contributed by atoms with Crippen LogP contribution in [0.5, 0.6) is 0 Å². The third-order valence-electron chi connectivity index (χ3n) is 4.78. The van der Waals surface area contributed by atoms with Gasteiger partial charge in [-0.05, 0) is 13.3 Å². The van der Waals surface area contributed by atoms with E-state index in [9.17, 15) is 9.59 Å². The van der Waals surface area contributed by atoms with E-state index in [4.69, 9.17) is 0 Å². The van der Waals surface area contributed by atoms with Crippen molar-refractivity contribution in [3.05, 3.63) is 28.5 Å². The predicted octanol–water partition coefficient (Wildman–Crippen LogP) is 1.61. The van der Waals surface area contributed by atoms with Crippen molar-refractivity contribution in [2.45, 2.75) is 19.4 Å². The van der Waals surface area contributed by atoms with Crippen LogP contribution in [0.3, 0.4) is 0 Å². The van der Waals surface area contributed by atoms with Crippen molar-refractivity contribution < 1.29 is 9.59 Å². The van der Waals surface area contributed by atoms with Gasteiger partial charge >= 0.3 is 6.03 Å². The second-order valence-corrected chi connectivity index (χ2v) is 7.54. The minimum atomic E-state index is -0.0180. The summed E-state index contributed by atoms with van der Waals surface area (Å²) >= 11 is 1.49. The molecule has 4 heterocycles. The molecule has 3 amide bonds. The standard InChI is InChI=1S/C16H20N6O2S/c1-11-18-14(10-25-11)15(23)20-4-3-12(8-20)22-9-13(7-17-22)21-6-5-19(2)16(21)24/h7,9-10,12H,3-6,8H2,1-2H3. The van der Waals surface area contributed by atoms with Gasteiger partial charge in [-0.2, -0.15) is 5.10 Å². The van der Waals surface area contributed by atoms with Crippen molar-refractivity contribution in [3.8, 4) is 0 Å². The molecule has 25 heavy (non-hydrogen) atoms. The van der Waals surface area contributed by atoms with Crippen LogP contribution < -0.4 is 4.90 Å². The lowest BCUT2D eigenvalue weighted by Gasteiger charge is -2.16. The number of carbonyl (C=O) groups excluding carboxylic acids is 2. The van der Waals surface area contributed by atoms with Crippen LogP contribution in [0.25, 0.3) is 0 Å². The summed E-state index contributed by atoms with van der Waals surface area (Å²) in [7, 11) is 1.80. The molecule has 2 fully saturated rings. The molecule has 0 spiro atoms. The van der Waals surface area contributed by atoms with E-state index in [2.05, 4.69) is 10.1 Å². The molecular formula is C16H20N6O2S. The maximum absolute atomic E-state index is 12.5. The van der Waals surface area contributed by atoms with Gasteiger partial charge in [0, 0.05) is 44.8 Å². The number of thiazole rings is 1. The van der Waals surface area contributed by atoms with Crippen LogP contribution in [0.15, 0.2) is 17.8 Å². The van der Waals surface area contributed by atoms with Crippen LogP contribution in [0.4, 0.5) is 10.5 Å². The lowest BCUT2D eigenvalue weighted by Crippen LogP contribution is -2.29. The molecule has 0 aromatic carbocycles. The Hall–Kier alpha value is -2.42. The molecule has 2 aromatic heterocycles. The second-order valence-electron chi connectivity index (χ2n) is 6.48. The zero-order chi connectivity index (χ0) is 17.6. The summed E-state index contributed by atoms with van der Waals surface area (Å²) in [5, 5.41) is 7.14. The summed E-state index contributed by atoms with van der Waals surface area (Å²) in [6.07, 6.45) is 4.48. The first-order chi connectivity index (χ1) is 12.0. The van der Waals surface area contributed by atoms with E-state index in [1.54, 1.807) is 23.0 Å². The van der Waals surface area contributed by atoms with Gasteiger partial charge < -0.3 is 9.80 Å². The Morgan fingerprint density at radius 3 is 2.84 bits per heavy atom. The van der Waals surface area contributed by atoms with Gasteiger partial charge in [-0.25, -0.2) is 9.78 Å². The minimum absolute atomic E-state index is 0.00155. The molecule has 1 unspecified atom stereocenters. The Kier molecular flexibility index (Phi) is 3.95. The molecule has 2 saturated heterocycles. The summed E-state index contributed by atoms with van der Waals surface area (Å²) in [5.41, 5.74) is 1.34. The molecule has 9 heteroatoms. The SMILES string of the molecule is Cc1nc(C(=O)N2CCC(n3cc(N4CCN(C)C4=O)cn3)C2)cs1. The zero-order valence-corrected chi connectivity index (χ0v) is 15.1. The monoisotopic (exact) mass is 360 g/mol. The molecule has 0 aliphatic carbocycles. The Morgan fingerprint density at radius 2 is 2.16 bits per heavy atom.